The summed E-state index contributed by atoms with van der Waals surface area (Å²) < 4.78 is 10.7. The van der Waals surface area contributed by atoms with Crippen molar-refractivity contribution in [1.82, 2.24) is 0 Å². The van der Waals surface area contributed by atoms with Gasteiger partial charge in [0.2, 0.25) is 0 Å². The second kappa shape index (κ2) is 19.0. The van der Waals surface area contributed by atoms with Crippen LogP contribution in [0.5, 0.6) is 0 Å². The first kappa shape index (κ1) is 30.8. The van der Waals surface area contributed by atoms with E-state index < -0.39 is 36.2 Å². The fourth-order valence-corrected chi connectivity index (χ4v) is 3.17. The molecule has 0 saturated carbocycles. The van der Waals surface area contributed by atoms with Crippen LogP contribution in [-0.2, 0) is 23.9 Å². The molecule has 0 aliphatic carbocycles. The van der Waals surface area contributed by atoms with Gasteiger partial charge >= 0.3 is 17.9 Å². The highest BCUT2D eigenvalue weighted by Gasteiger charge is 2.12. The lowest BCUT2D eigenvalue weighted by atomic mass is 10.1. The van der Waals surface area contributed by atoms with Crippen molar-refractivity contribution in [1.29, 1.82) is 0 Å². The van der Waals surface area contributed by atoms with Gasteiger partial charge in [-0.3, -0.25) is 9.59 Å². The number of carbonyl (C=O) groups is 3. The van der Waals surface area contributed by atoms with E-state index in [9.17, 15) is 24.6 Å². The number of aliphatic hydroxyl groups excluding tert-OH is 2. The summed E-state index contributed by atoms with van der Waals surface area (Å²) in [6.07, 6.45) is 20.5. The number of esters is 2. The summed E-state index contributed by atoms with van der Waals surface area (Å²) >= 11 is 0. The van der Waals surface area contributed by atoms with E-state index in [-0.39, 0.29) is 25.4 Å². The first-order chi connectivity index (χ1) is 17.3. The van der Waals surface area contributed by atoms with Crippen LogP contribution in [0.3, 0.4) is 0 Å². The Morgan fingerprint density at radius 1 is 0.972 bits per heavy atom. The maximum atomic E-state index is 11.9. The molecule has 0 fully saturated rings. The normalized spacial score (nSPS) is 30.5. The number of carbonyl (C=O) groups excluding carboxylic acids is 2. The molecule has 3 N–H and O–H groups in total. The van der Waals surface area contributed by atoms with Crippen LogP contribution in [0.25, 0.3) is 0 Å². The third kappa shape index (κ3) is 17.2. The number of rotatable bonds is 4. The average Bonchev–Trinajstić information content (AvgIpc) is 2.80. The molecule has 0 saturated heterocycles. The van der Waals surface area contributed by atoms with Gasteiger partial charge in [-0.05, 0) is 38.7 Å². The number of hydrogen-bond donors (Lipinski definition) is 3. The molecular formula is C28H38O8. The van der Waals surface area contributed by atoms with Crippen LogP contribution in [0.2, 0.25) is 0 Å². The topological polar surface area (TPSA) is 130 Å². The molecule has 1 aliphatic heterocycles. The summed E-state index contributed by atoms with van der Waals surface area (Å²) in [4.78, 5) is 34.6. The summed E-state index contributed by atoms with van der Waals surface area (Å²) in [6.45, 7) is 1.83. The number of allylic oxidation sites excluding steroid dienone is 7. The van der Waals surface area contributed by atoms with E-state index in [1.165, 1.54) is 6.08 Å². The van der Waals surface area contributed by atoms with Crippen molar-refractivity contribution < 1.29 is 39.2 Å². The lowest BCUT2D eigenvalue weighted by Gasteiger charge is -2.12. The SMILES string of the molecule is CC1CCC/C=C/C=C/C(O)CC(O)C/C=C\C=C\C(OC(=O)CCC(=O)O)C/C=C/C=C/C(=O)O1. The standard InChI is InChI=1S/C28H38O8/c1-22-13-7-3-2-4-8-14-23(29)21-24(30)15-9-5-10-16-25(36-28(34)20-19-26(31)32)17-11-6-12-18-27(33)35-22/h2,4-6,8-12,14,16,18,22-25,29-30H,3,7,13,15,17,19-21H2,1H3,(H,31,32)/b4-2+,9-5-,11-6+,14-8+,16-10+,18-12+. The predicted octanol–water partition coefficient (Wildman–Crippen LogP) is 4.11. The fourth-order valence-electron chi connectivity index (χ4n) is 3.17. The number of carboxylic acids is 1. The monoisotopic (exact) mass is 502 g/mol. The van der Waals surface area contributed by atoms with E-state index in [0.717, 1.165) is 12.8 Å². The highest BCUT2D eigenvalue weighted by molar-refractivity contribution is 5.82. The molecule has 8 heteroatoms. The molecule has 4 atom stereocenters. The first-order valence-electron chi connectivity index (χ1n) is 12.2. The first-order valence-corrected chi connectivity index (χ1v) is 12.2. The fraction of sp³-hybridized carbons (Fsp3) is 0.464. The number of hydrogen-bond acceptors (Lipinski definition) is 7. The summed E-state index contributed by atoms with van der Waals surface area (Å²) in [6, 6.07) is 0. The minimum atomic E-state index is -1.08. The van der Waals surface area contributed by atoms with Crippen LogP contribution in [0.1, 0.15) is 58.3 Å². The van der Waals surface area contributed by atoms with E-state index in [1.54, 1.807) is 54.7 Å². The third-order valence-electron chi connectivity index (χ3n) is 5.05. The van der Waals surface area contributed by atoms with E-state index >= 15 is 0 Å². The number of carboxylic acid groups (broad SMARTS) is 1. The molecule has 1 aliphatic rings. The van der Waals surface area contributed by atoms with Gasteiger partial charge in [-0.1, -0.05) is 60.8 Å². The number of aliphatic hydroxyl groups is 2. The van der Waals surface area contributed by atoms with Crippen molar-refractivity contribution in [2.24, 2.45) is 0 Å². The van der Waals surface area contributed by atoms with Crippen LogP contribution in [-0.4, -0.2) is 57.6 Å². The van der Waals surface area contributed by atoms with Crippen molar-refractivity contribution in [3.05, 3.63) is 72.9 Å². The molecule has 1 heterocycles. The highest BCUT2D eigenvalue weighted by Crippen LogP contribution is 2.09. The van der Waals surface area contributed by atoms with Crippen LogP contribution >= 0.6 is 0 Å². The third-order valence-corrected chi connectivity index (χ3v) is 5.05. The highest BCUT2D eigenvalue weighted by atomic mass is 16.5. The zero-order valence-electron chi connectivity index (χ0n) is 20.8. The molecule has 1 rings (SSSR count). The van der Waals surface area contributed by atoms with Gasteiger partial charge in [0.15, 0.2) is 0 Å². The van der Waals surface area contributed by atoms with E-state index in [4.69, 9.17) is 14.6 Å². The quantitative estimate of drug-likeness (QED) is 0.490. The number of cyclic esters (lactones) is 1. The second-order valence-electron chi connectivity index (χ2n) is 8.44. The molecule has 4 unspecified atom stereocenters. The summed E-state index contributed by atoms with van der Waals surface area (Å²) in [5.41, 5.74) is 0. The van der Waals surface area contributed by atoms with Crippen molar-refractivity contribution in [3.8, 4) is 0 Å². The number of aliphatic carboxylic acids is 1. The van der Waals surface area contributed by atoms with Crippen LogP contribution < -0.4 is 0 Å². The Balaban J connectivity index is 2.86. The zero-order valence-corrected chi connectivity index (χ0v) is 20.8. The Morgan fingerprint density at radius 2 is 1.67 bits per heavy atom. The molecule has 8 nitrogen and oxygen atoms in total. The van der Waals surface area contributed by atoms with Gasteiger partial charge in [0.05, 0.1) is 31.2 Å². The molecule has 36 heavy (non-hydrogen) atoms. The Hall–Kier alpha value is -3.23. The Morgan fingerprint density at radius 3 is 2.44 bits per heavy atom. The van der Waals surface area contributed by atoms with Crippen LogP contribution in [0.15, 0.2) is 72.9 Å². The molecule has 0 amide bonds. The molecule has 0 aromatic carbocycles. The summed E-state index contributed by atoms with van der Waals surface area (Å²) in [5.74, 6) is -2.16. The Kier molecular flexibility index (Phi) is 16.3. The Bertz CT molecular complexity index is 850. The summed E-state index contributed by atoms with van der Waals surface area (Å²) in [5, 5.41) is 28.9. The van der Waals surface area contributed by atoms with Crippen molar-refractivity contribution in [3.63, 3.8) is 0 Å². The van der Waals surface area contributed by atoms with Gasteiger partial charge in [-0.25, -0.2) is 4.79 Å². The minimum absolute atomic E-state index is 0.198. The van der Waals surface area contributed by atoms with E-state index in [2.05, 4.69) is 0 Å². The smallest absolute Gasteiger partial charge is 0.331 e. The minimum Gasteiger partial charge on any atom is -0.481 e. The van der Waals surface area contributed by atoms with Gasteiger partial charge in [0.1, 0.15) is 6.10 Å². The van der Waals surface area contributed by atoms with Gasteiger partial charge in [-0.15, -0.1) is 0 Å². The molecule has 0 radical (unpaired) electrons. The van der Waals surface area contributed by atoms with Gasteiger partial charge in [0, 0.05) is 18.9 Å². The predicted molar refractivity (Wildman–Crippen MR) is 137 cm³/mol. The van der Waals surface area contributed by atoms with Gasteiger partial charge in [-0.2, -0.15) is 0 Å². The second-order valence-corrected chi connectivity index (χ2v) is 8.44. The maximum absolute atomic E-state index is 11.9. The van der Waals surface area contributed by atoms with Crippen molar-refractivity contribution in [2.75, 3.05) is 0 Å². The molecule has 198 valence electrons. The molecule has 0 aromatic heterocycles. The maximum Gasteiger partial charge on any atom is 0.331 e. The molecule has 0 aromatic rings. The van der Waals surface area contributed by atoms with E-state index in [0.29, 0.717) is 19.3 Å². The molecule has 0 spiro atoms. The summed E-state index contributed by atoms with van der Waals surface area (Å²) in [7, 11) is 0. The largest absolute Gasteiger partial charge is 0.481 e. The molecule has 0 bridgehead atoms. The van der Waals surface area contributed by atoms with Crippen LogP contribution in [0, 0.1) is 0 Å². The van der Waals surface area contributed by atoms with Gasteiger partial charge < -0.3 is 24.8 Å². The lowest BCUT2D eigenvalue weighted by molar-refractivity contribution is -0.150. The van der Waals surface area contributed by atoms with Gasteiger partial charge in [0.25, 0.3) is 0 Å². The Labute approximate surface area is 213 Å². The van der Waals surface area contributed by atoms with Crippen molar-refractivity contribution >= 4 is 17.9 Å². The molecular weight excluding hydrogens is 464 g/mol. The lowest BCUT2D eigenvalue weighted by Crippen LogP contribution is -2.16. The van der Waals surface area contributed by atoms with Crippen LogP contribution in [0.4, 0.5) is 0 Å². The van der Waals surface area contributed by atoms with Crippen molar-refractivity contribution in [2.45, 2.75) is 82.7 Å². The zero-order chi connectivity index (χ0) is 26.6. The number of ether oxygens (including phenoxy) is 2. The average molecular weight is 503 g/mol. The van der Waals surface area contributed by atoms with E-state index in [1.807, 2.05) is 19.1 Å².